The predicted octanol–water partition coefficient (Wildman–Crippen LogP) is 2.09. The standard InChI is InChI=1S/C13H16F3N3S/c1-18-4-6-19(7-5-18)11-3-2-9(13(14,15)16)8-10(11)12(17)20/h2-3,8H,4-7H2,1H3,(H2,17,20). The number of benzene rings is 1. The second-order valence-corrected chi connectivity index (χ2v) is 5.32. The Kier molecular flexibility index (Phi) is 4.19. The second-order valence-electron chi connectivity index (χ2n) is 4.88. The van der Waals surface area contributed by atoms with E-state index >= 15 is 0 Å². The van der Waals surface area contributed by atoms with Gasteiger partial charge in [-0.25, -0.2) is 0 Å². The van der Waals surface area contributed by atoms with Crippen LogP contribution in [0.2, 0.25) is 0 Å². The first-order chi connectivity index (χ1) is 9.29. The quantitative estimate of drug-likeness (QED) is 0.848. The molecule has 110 valence electrons. The highest BCUT2D eigenvalue weighted by molar-refractivity contribution is 7.80. The maximum absolute atomic E-state index is 12.8. The molecule has 0 saturated carbocycles. The Balaban J connectivity index is 2.36. The van der Waals surface area contributed by atoms with E-state index in [1.54, 1.807) is 0 Å². The summed E-state index contributed by atoms with van der Waals surface area (Å²) in [6.07, 6.45) is -4.39. The maximum Gasteiger partial charge on any atom is 0.416 e. The average molecular weight is 303 g/mol. The van der Waals surface area contributed by atoms with Crippen LogP contribution in [-0.4, -0.2) is 43.1 Å². The van der Waals surface area contributed by atoms with Crippen molar-refractivity contribution in [2.75, 3.05) is 38.1 Å². The van der Waals surface area contributed by atoms with Gasteiger partial charge in [0.05, 0.1) is 5.56 Å². The Hall–Kier alpha value is -1.34. The Morgan fingerprint density at radius 1 is 1.20 bits per heavy atom. The van der Waals surface area contributed by atoms with Gasteiger partial charge in [-0.05, 0) is 25.2 Å². The van der Waals surface area contributed by atoms with Gasteiger partial charge in [-0.2, -0.15) is 13.2 Å². The van der Waals surface area contributed by atoms with E-state index in [1.165, 1.54) is 6.07 Å². The van der Waals surface area contributed by atoms with Crippen LogP contribution in [0, 0.1) is 0 Å². The van der Waals surface area contributed by atoms with Crippen LogP contribution in [0.1, 0.15) is 11.1 Å². The van der Waals surface area contributed by atoms with Crippen LogP contribution >= 0.6 is 12.2 Å². The summed E-state index contributed by atoms with van der Waals surface area (Å²) in [5, 5.41) is 0. The van der Waals surface area contributed by atoms with Crippen molar-refractivity contribution in [3.05, 3.63) is 29.3 Å². The lowest BCUT2D eigenvalue weighted by Gasteiger charge is -2.35. The zero-order valence-corrected chi connectivity index (χ0v) is 11.9. The molecule has 1 aliphatic heterocycles. The molecule has 1 heterocycles. The largest absolute Gasteiger partial charge is 0.416 e. The van der Waals surface area contributed by atoms with Gasteiger partial charge in [-0.15, -0.1) is 0 Å². The molecule has 0 radical (unpaired) electrons. The summed E-state index contributed by atoms with van der Waals surface area (Å²) >= 11 is 4.90. The summed E-state index contributed by atoms with van der Waals surface area (Å²) in [6.45, 7) is 3.21. The van der Waals surface area contributed by atoms with Crippen LogP contribution in [0.3, 0.4) is 0 Å². The van der Waals surface area contributed by atoms with Crippen molar-refractivity contribution < 1.29 is 13.2 Å². The van der Waals surface area contributed by atoms with E-state index < -0.39 is 11.7 Å². The van der Waals surface area contributed by atoms with Gasteiger partial charge in [0.1, 0.15) is 4.99 Å². The van der Waals surface area contributed by atoms with Crippen molar-refractivity contribution in [3.63, 3.8) is 0 Å². The van der Waals surface area contributed by atoms with Crippen LogP contribution in [0.4, 0.5) is 18.9 Å². The van der Waals surface area contributed by atoms with E-state index in [0.29, 0.717) is 11.3 Å². The molecule has 0 amide bonds. The van der Waals surface area contributed by atoms with E-state index in [-0.39, 0.29) is 4.99 Å². The van der Waals surface area contributed by atoms with Crippen LogP contribution in [-0.2, 0) is 6.18 Å². The number of rotatable bonds is 2. The fraction of sp³-hybridized carbons (Fsp3) is 0.462. The van der Waals surface area contributed by atoms with Crippen LogP contribution in [0.25, 0.3) is 0 Å². The number of piperazine rings is 1. The molecule has 2 N–H and O–H groups in total. The van der Waals surface area contributed by atoms with Crippen molar-refractivity contribution in [2.45, 2.75) is 6.18 Å². The summed E-state index contributed by atoms with van der Waals surface area (Å²) in [5.41, 5.74) is 5.83. The third-order valence-corrected chi connectivity index (χ3v) is 3.65. The molecule has 2 rings (SSSR count). The van der Waals surface area contributed by atoms with Gasteiger partial charge in [-0.3, -0.25) is 0 Å². The summed E-state index contributed by atoms with van der Waals surface area (Å²) in [4.78, 5) is 4.18. The SMILES string of the molecule is CN1CCN(c2ccc(C(F)(F)F)cc2C(N)=S)CC1. The average Bonchev–Trinajstić information content (AvgIpc) is 2.38. The van der Waals surface area contributed by atoms with Crippen molar-refractivity contribution in [3.8, 4) is 0 Å². The Labute approximate surface area is 121 Å². The molecule has 0 aromatic heterocycles. The molecular formula is C13H16F3N3S. The Bertz CT molecular complexity index is 508. The molecular weight excluding hydrogens is 287 g/mol. The third-order valence-electron chi connectivity index (χ3n) is 3.43. The number of nitrogens with zero attached hydrogens (tertiary/aromatic N) is 2. The molecule has 1 saturated heterocycles. The second kappa shape index (κ2) is 5.57. The highest BCUT2D eigenvalue weighted by Crippen LogP contribution is 2.33. The van der Waals surface area contributed by atoms with Gasteiger partial charge in [-0.1, -0.05) is 12.2 Å². The van der Waals surface area contributed by atoms with Crippen molar-refractivity contribution >= 4 is 22.9 Å². The number of likely N-dealkylation sites (N-methyl/N-ethyl adjacent to an activating group) is 1. The van der Waals surface area contributed by atoms with E-state index in [0.717, 1.165) is 38.3 Å². The van der Waals surface area contributed by atoms with Crippen LogP contribution in [0.5, 0.6) is 0 Å². The van der Waals surface area contributed by atoms with Gasteiger partial charge in [0.2, 0.25) is 0 Å². The van der Waals surface area contributed by atoms with Gasteiger partial charge in [0.15, 0.2) is 0 Å². The fourth-order valence-electron chi connectivity index (χ4n) is 2.23. The zero-order chi connectivity index (χ0) is 14.9. The molecule has 0 aliphatic carbocycles. The number of nitrogens with two attached hydrogens (primary N) is 1. The molecule has 0 unspecified atom stereocenters. The van der Waals surface area contributed by atoms with Gasteiger partial charge >= 0.3 is 6.18 Å². The van der Waals surface area contributed by atoms with E-state index in [9.17, 15) is 13.2 Å². The lowest BCUT2D eigenvalue weighted by molar-refractivity contribution is -0.137. The first kappa shape index (κ1) is 15.1. The lowest BCUT2D eigenvalue weighted by atomic mass is 10.1. The fourth-order valence-corrected chi connectivity index (χ4v) is 2.40. The van der Waals surface area contributed by atoms with E-state index in [2.05, 4.69) is 4.90 Å². The Morgan fingerprint density at radius 2 is 1.80 bits per heavy atom. The van der Waals surface area contributed by atoms with Gasteiger partial charge in [0, 0.05) is 37.4 Å². The maximum atomic E-state index is 12.8. The molecule has 1 aromatic rings. The summed E-state index contributed by atoms with van der Waals surface area (Å²) in [7, 11) is 2.01. The predicted molar refractivity (Wildman–Crippen MR) is 77.0 cm³/mol. The third kappa shape index (κ3) is 3.21. The summed E-state index contributed by atoms with van der Waals surface area (Å²) in [5.74, 6) is 0. The molecule has 20 heavy (non-hydrogen) atoms. The minimum absolute atomic E-state index is 0.00923. The molecule has 7 heteroatoms. The number of alkyl halides is 3. The molecule has 0 bridgehead atoms. The minimum atomic E-state index is -4.39. The Morgan fingerprint density at radius 3 is 2.30 bits per heavy atom. The minimum Gasteiger partial charge on any atom is -0.389 e. The summed E-state index contributed by atoms with van der Waals surface area (Å²) in [6, 6.07) is 3.58. The first-order valence-corrected chi connectivity index (χ1v) is 6.64. The highest BCUT2D eigenvalue weighted by atomic mass is 32.1. The van der Waals surface area contributed by atoms with Crippen LogP contribution < -0.4 is 10.6 Å². The van der Waals surface area contributed by atoms with Gasteiger partial charge in [0.25, 0.3) is 0 Å². The van der Waals surface area contributed by atoms with E-state index in [1.807, 2.05) is 11.9 Å². The normalized spacial score (nSPS) is 17.3. The molecule has 1 aromatic carbocycles. The monoisotopic (exact) mass is 303 g/mol. The van der Waals surface area contributed by atoms with Crippen molar-refractivity contribution in [2.24, 2.45) is 5.73 Å². The number of anilines is 1. The number of halogens is 3. The number of hydrogen-bond acceptors (Lipinski definition) is 3. The molecule has 1 aliphatic rings. The van der Waals surface area contributed by atoms with Crippen molar-refractivity contribution in [1.29, 1.82) is 0 Å². The highest BCUT2D eigenvalue weighted by Gasteiger charge is 2.32. The van der Waals surface area contributed by atoms with E-state index in [4.69, 9.17) is 18.0 Å². The van der Waals surface area contributed by atoms with Crippen LogP contribution in [0.15, 0.2) is 18.2 Å². The molecule has 0 spiro atoms. The smallest absolute Gasteiger partial charge is 0.389 e. The molecule has 3 nitrogen and oxygen atoms in total. The molecule has 1 fully saturated rings. The summed E-state index contributed by atoms with van der Waals surface area (Å²) < 4.78 is 38.3. The first-order valence-electron chi connectivity index (χ1n) is 6.23. The zero-order valence-electron chi connectivity index (χ0n) is 11.1. The topological polar surface area (TPSA) is 32.5 Å². The lowest BCUT2D eigenvalue weighted by Crippen LogP contribution is -2.45. The number of thiocarbonyl (C=S) groups is 1. The van der Waals surface area contributed by atoms with Crippen molar-refractivity contribution in [1.82, 2.24) is 4.90 Å². The molecule has 0 atom stereocenters. The number of hydrogen-bond donors (Lipinski definition) is 1. The van der Waals surface area contributed by atoms with Gasteiger partial charge < -0.3 is 15.5 Å².